The number of nitrogens with two attached hydrogens (primary N) is 1. The molecule has 1 unspecified atom stereocenters. The van der Waals surface area contributed by atoms with Crippen LogP contribution >= 0.6 is 0 Å². The number of nitrogens with one attached hydrogen (secondary N) is 1. The molecule has 0 heterocycles. The normalized spacial score (nSPS) is 13.8. The number of hydrogen-bond donors (Lipinski definition) is 2. The fourth-order valence-corrected chi connectivity index (χ4v) is 2.12. The van der Waals surface area contributed by atoms with Crippen molar-refractivity contribution < 1.29 is 9.53 Å². The first-order valence-corrected chi connectivity index (χ1v) is 7.66. The molecule has 1 aromatic carbocycles. The number of carbonyl (C=O) groups excluding carboxylic acids is 1. The van der Waals surface area contributed by atoms with Gasteiger partial charge in [-0.2, -0.15) is 0 Å². The Kier molecular flexibility index (Phi) is 6.69. The summed E-state index contributed by atoms with van der Waals surface area (Å²) < 4.78 is 5.61. The van der Waals surface area contributed by atoms with Crippen LogP contribution in [0.1, 0.15) is 52.0 Å². The van der Waals surface area contributed by atoms with E-state index in [2.05, 4.69) is 31.3 Å². The first-order valence-electron chi connectivity index (χ1n) is 7.66. The molecule has 3 N–H and O–H groups in total. The van der Waals surface area contributed by atoms with E-state index in [-0.39, 0.29) is 5.91 Å². The first-order chi connectivity index (χ1) is 9.86. The Hall–Kier alpha value is -1.55. The standard InChI is InChI=1S/C17H28N2O2/c1-5-10-17(4,18)16(20)19-11-12-21-15-8-6-14(7-9-15)13(2)3/h6-9,13H,5,10-12,18H2,1-4H3,(H,19,20). The second-order valence-electron chi connectivity index (χ2n) is 6.00. The van der Waals surface area contributed by atoms with Crippen molar-refractivity contribution in [3.8, 4) is 5.75 Å². The zero-order chi connectivity index (χ0) is 15.9. The number of rotatable bonds is 8. The molecule has 118 valence electrons. The van der Waals surface area contributed by atoms with Gasteiger partial charge in [0, 0.05) is 0 Å². The highest BCUT2D eigenvalue weighted by atomic mass is 16.5. The Morgan fingerprint density at radius 3 is 2.48 bits per heavy atom. The lowest BCUT2D eigenvalue weighted by Crippen LogP contribution is -2.52. The molecule has 0 bridgehead atoms. The van der Waals surface area contributed by atoms with Gasteiger partial charge in [0.25, 0.3) is 0 Å². The molecule has 0 saturated carbocycles. The summed E-state index contributed by atoms with van der Waals surface area (Å²) in [4.78, 5) is 11.9. The van der Waals surface area contributed by atoms with Crippen molar-refractivity contribution >= 4 is 5.91 Å². The van der Waals surface area contributed by atoms with Gasteiger partial charge in [0.2, 0.25) is 5.91 Å². The summed E-state index contributed by atoms with van der Waals surface area (Å²) in [5, 5.41) is 2.82. The highest BCUT2D eigenvalue weighted by Gasteiger charge is 2.26. The van der Waals surface area contributed by atoms with E-state index < -0.39 is 5.54 Å². The lowest BCUT2D eigenvalue weighted by atomic mass is 9.97. The highest BCUT2D eigenvalue weighted by Crippen LogP contribution is 2.18. The van der Waals surface area contributed by atoms with Gasteiger partial charge in [-0.15, -0.1) is 0 Å². The molecule has 1 aromatic rings. The van der Waals surface area contributed by atoms with E-state index in [1.165, 1.54) is 5.56 Å². The minimum absolute atomic E-state index is 0.122. The average molecular weight is 292 g/mol. The largest absolute Gasteiger partial charge is 0.492 e. The van der Waals surface area contributed by atoms with Crippen molar-refractivity contribution in [2.45, 2.75) is 52.0 Å². The molecular formula is C17H28N2O2. The molecule has 0 spiro atoms. The van der Waals surface area contributed by atoms with Gasteiger partial charge in [0.05, 0.1) is 12.1 Å². The second kappa shape index (κ2) is 8.03. The first kappa shape index (κ1) is 17.5. The smallest absolute Gasteiger partial charge is 0.239 e. The van der Waals surface area contributed by atoms with E-state index in [1.807, 2.05) is 19.1 Å². The van der Waals surface area contributed by atoms with E-state index in [4.69, 9.17) is 10.5 Å². The maximum atomic E-state index is 11.9. The van der Waals surface area contributed by atoms with Crippen molar-refractivity contribution in [2.24, 2.45) is 5.73 Å². The molecule has 0 fully saturated rings. The van der Waals surface area contributed by atoms with Crippen LogP contribution in [0.5, 0.6) is 5.75 Å². The van der Waals surface area contributed by atoms with Crippen molar-refractivity contribution in [3.63, 3.8) is 0 Å². The summed E-state index contributed by atoms with van der Waals surface area (Å²) in [6.07, 6.45) is 1.56. The van der Waals surface area contributed by atoms with Crippen LogP contribution in [0.3, 0.4) is 0 Å². The van der Waals surface area contributed by atoms with Crippen molar-refractivity contribution in [3.05, 3.63) is 29.8 Å². The fourth-order valence-electron chi connectivity index (χ4n) is 2.12. The van der Waals surface area contributed by atoms with Crippen LogP contribution in [0.15, 0.2) is 24.3 Å². The van der Waals surface area contributed by atoms with Gasteiger partial charge in [-0.05, 0) is 37.0 Å². The van der Waals surface area contributed by atoms with E-state index in [0.29, 0.717) is 25.5 Å². The van der Waals surface area contributed by atoms with Crippen molar-refractivity contribution in [1.82, 2.24) is 5.32 Å². The SMILES string of the molecule is CCCC(C)(N)C(=O)NCCOc1ccc(C(C)C)cc1. The number of hydrogen-bond acceptors (Lipinski definition) is 3. The summed E-state index contributed by atoms with van der Waals surface area (Å²) >= 11 is 0. The quantitative estimate of drug-likeness (QED) is 0.724. The van der Waals surface area contributed by atoms with Crippen LogP contribution in [0.2, 0.25) is 0 Å². The second-order valence-corrected chi connectivity index (χ2v) is 6.00. The molecule has 21 heavy (non-hydrogen) atoms. The van der Waals surface area contributed by atoms with Crippen LogP contribution in [0.4, 0.5) is 0 Å². The Balaban J connectivity index is 2.32. The Morgan fingerprint density at radius 2 is 1.95 bits per heavy atom. The molecule has 1 rings (SSSR count). The van der Waals surface area contributed by atoms with Gasteiger partial charge < -0.3 is 15.8 Å². The third kappa shape index (κ3) is 5.76. The van der Waals surface area contributed by atoms with E-state index in [0.717, 1.165) is 12.2 Å². The minimum atomic E-state index is -0.798. The predicted octanol–water partition coefficient (Wildman–Crippen LogP) is 2.82. The zero-order valence-electron chi connectivity index (χ0n) is 13.6. The number of ether oxygens (including phenoxy) is 1. The number of carbonyl (C=O) groups is 1. The summed E-state index contributed by atoms with van der Waals surface area (Å²) in [7, 11) is 0. The third-order valence-electron chi connectivity index (χ3n) is 3.49. The zero-order valence-corrected chi connectivity index (χ0v) is 13.6. The van der Waals surface area contributed by atoms with Gasteiger partial charge in [-0.1, -0.05) is 39.3 Å². The average Bonchev–Trinajstić information content (AvgIpc) is 2.43. The van der Waals surface area contributed by atoms with E-state index >= 15 is 0 Å². The van der Waals surface area contributed by atoms with Gasteiger partial charge in [0.1, 0.15) is 12.4 Å². The summed E-state index contributed by atoms with van der Waals surface area (Å²) in [6, 6.07) is 8.05. The molecule has 4 nitrogen and oxygen atoms in total. The van der Waals surface area contributed by atoms with E-state index in [1.54, 1.807) is 6.92 Å². The lowest BCUT2D eigenvalue weighted by molar-refractivity contribution is -0.126. The molecule has 1 atom stereocenters. The van der Waals surface area contributed by atoms with Gasteiger partial charge >= 0.3 is 0 Å². The van der Waals surface area contributed by atoms with Gasteiger partial charge in [0.15, 0.2) is 0 Å². The molecule has 0 aromatic heterocycles. The van der Waals surface area contributed by atoms with Crippen LogP contribution in [-0.4, -0.2) is 24.6 Å². The Labute approximate surface area is 128 Å². The van der Waals surface area contributed by atoms with Gasteiger partial charge in [-0.3, -0.25) is 4.79 Å². The van der Waals surface area contributed by atoms with Crippen molar-refractivity contribution in [1.29, 1.82) is 0 Å². The maximum Gasteiger partial charge on any atom is 0.239 e. The Morgan fingerprint density at radius 1 is 1.33 bits per heavy atom. The molecular weight excluding hydrogens is 264 g/mol. The molecule has 0 radical (unpaired) electrons. The monoisotopic (exact) mass is 292 g/mol. The molecule has 4 heteroatoms. The van der Waals surface area contributed by atoms with Crippen LogP contribution < -0.4 is 15.8 Å². The van der Waals surface area contributed by atoms with E-state index in [9.17, 15) is 4.79 Å². The summed E-state index contributed by atoms with van der Waals surface area (Å²) in [5.74, 6) is 1.21. The van der Waals surface area contributed by atoms with Gasteiger partial charge in [-0.25, -0.2) is 0 Å². The van der Waals surface area contributed by atoms with Crippen LogP contribution in [-0.2, 0) is 4.79 Å². The lowest BCUT2D eigenvalue weighted by Gasteiger charge is -2.22. The molecule has 0 aliphatic rings. The minimum Gasteiger partial charge on any atom is -0.492 e. The van der Waals surface area contributed by atoms with Crippen LogP contribution in [0, 0.1) is 0 Å². The third-order valence-corrected chi connectivity index (χ3v) is 3.49. The maximum absolute atomic E-state index is 11.9. The molecule has 0 aliphatic carbocycles. The topological polar surface area (TPSA) is 64.4 Å². The summed E-state index contributed by atoms with van der Waals surface area (Å²) in [5.41, 5.74) is 6.44. The van der Waals surface area contributed by atoms with Crippen molar-refractivity contribution in [2.75, 3.05) is 13.2 Å². The number of benzene rings is 1. The summed E-state index contributed by atoms with van der Waals surface area (Å²) in [6.45, 7) is 8.99. The van der Waals surface area contributed by atoms with Crippen LogP contribution in [0.25, 0.3) is 0 Å². The highest BCUT2D eigenvalue weighted by molar-refractivity contribution is 5.85. The number of amides is 1. The predicted molar refractivity (Wildman–Crippen MR) is 86.5 cm³/mol. The molecule has 0 saturated heterocycles. The fraction of sp³-hybridized carbons (Fsp3) is 0.588. The molecule has 1 amide bonds. The molecule has 0 aliphatic heterocycles. The Bertz CT molecular complexity index is 439.